The molecule has 30 atom stereocenters. The van der Waals surface area contributed by atoms with E-state index in [2.05, 4.69) is 222 Å². The minimum absolute atomic E-state index is 0.126. The zero-order valence-corrected chi connectivity index (χ0v) is 90.8. The Morgan fingerprint density at radius 3 is 0.993 bits per heavy atom. The predicted molar refractivity (Wildman–Crippen MR) is 568 cm³/mol. The molecule has 14 heteroatoms. The second-order valence-corrected chi connectivity index (χ2v) is 54.8. The maximum absolute atomic E-state index is 14.4. The van der Waals surface area contributed by atoms with Crippen molar-refractivity contribution >= 4 is 35.5 Å². The number of carboxylic acids is 3. The van der Waals surface area contributed by atoms with Crippen LogP contribution in [0.2, 0.25) is 0 Å². The number of aromatic nitrogens is 1. The van der Waals surface area contributed by atoms with Gasteiger partial charge in [0.05, 0.1) is 33.3 Å². The van der Waals surface area contributed by atoms with Crippen LogP contribution in [0.1, 0.15) is 408 Å². The maximum Gasteiger partial charge on any atom is 0.335 e. The van der Waals surface area contributed by atoms with E-state index in [9.17, 15) is 49.2 Å². The fourth-order valence-corrected chi connectivity index (χ4v) is 41.4. The molecule has 0 radical (unpaired) electrons. The van der Waals surface area contributed by atoms with Crippen LogP contribution < -0.4 is 10.6 Å². The Kier molecular flexibility index (Phi) is 28.1. The van der Waals surface area contributed by atoms with Crippen LogP contribution in [0.25, 0.3) is 0 Å². The Morgan fingerprint density at radius 1 is 0.355 bits per heavy atom. The van der Waals surface area contributed by atoms with Gasteiger partial charge in [-0.3, -0.25) is 19.4 Å². The summed E-state index contributed by atoms with van der Waals surface area (Å²) in [4.78, 5) is 84.1. The highest BCUT2D eigenvalue weighted by Crippen LogP contribution is 2.84. The molecule has 0 bridgehead atoms. The lowest BCUT2D eigenvalue weighted by Crippen LogP contribution is -2.67. The molecule has 2 amide bonds. The number of ketones is 1. The van der Waals surface area contributed by atoms with E-state index in [0.717, 1.165) is 122 Å². The second-order valence-electron chi connectivity index (χ2n) is 54.8. The van der Waals surface area contributed by atoms with Crippen molar-refractivity contribution in [2.45, 2.75) is 361 Å². The molecule has 3 aromatic carbocycles. The normalized spacial score (nSPS) is 41.9. The van der Waals surface area contributed by atoms with Crippen LogP contribution in [-0.4, -0.2) is 99.5 Å². The van der Waals surface area contributed by atoms with Crippen molar-refractivity contribution in [3.63, 3.8) is 0 Å². The van der Waals surface area contributed by atoms with Gasteiger partial charge in [0.15, 0.2) is 0 Å². The molecule has 0 aliphatic heterocycles. The van der Waals surface area contributed by atoms with Gasteiger partial charge in [0.2, 0.25) is 11.8 Å². The number of nitrogens with one attached hydrogen (secondary N) is 2. The van der Waals surface area contributed by atoms with Crippen LogP contribution >= 0.6 is 0 Å². The molecule has 14 nitrogen and oxygen atoms in total. The Bertz CT molecular complexity index is 5420. The molecule has 0 spiro atoms. The smallest absolute Gasteiger partial charge is 0.335 e. The number of amides is 2. The number of allylic oxidation sites excluding steroid dienone is 4. The van der Waals surface area contributed by atoms with E-state index in [1.165, 1.54) is 130 Å². The van der Waals surface area contributed by atoms with Gasteiger partial charge in [-0.15, -0.1) is 0 Å². The van der Waals surface area contributed by atoms with Crippen LogP contribution in [0.3, 0.4) is 0 Å². The van der Waals surface area contributed by atoms with Gasteiger partial charge in [0, 0.05) is 56.2 Å². The van der Waals surface area contributed by atoms with Gasteiger partial charge in [-0.2, -0.15) is 0 Å². The largest absolute Gasteiger partial charge is 0.513 e. The fourth-order valence-electron chi connectivity index (χ4n) is 41.4. The lowest BCUT2D eigenvalue weighted by Gasteiger charge is -2.73. The van der Waals surface area contributed by atoms with E-state index < -0.39 is 17.9 Å². The molecule has 15 aliphatic rings. The summed E-state index contributed by atoms with van der Waals surface area (Å²) in [5.41, 5.74) is 11.6. The Hall–Kier alpha value is -7.45. The van der Waals surface area contributed by atoms with Gasteiger partial charge in [-0.1, -0.05) is 189 Å². The summed E-state index contributed by atoms with van der Waals surface area (Å²) in [6.07, 6.45) is 39.3. The average Bonchev–Trinajstić information content (AvgIpc) is 1.66. The summed E-state index contributed by atoms with van der Waals surface area (Å²) in [6.45, 7) is 65.1. The van der Waals surface area contributed by atoms with E-state index in [0.29, 0.717) is 167 Å². The molecule has 15 fully saturated rings. The average molecular weight is 1920 g/mol. The monoisotopic (exact) mass is 1920 g/mol. The first-order chi connectivity index (χ1) is 66.2. The summed E-state index contributed by atoms with van der Waals surface area (Å²) in [6, 6.07) is 29.3. The number of carbonyl (C=O) groups is 6. The molecular weight excluding hydrogens is 1740 g/mol. The van der Waals surface area contributed by atoms with Crippen LogP contribution in [0, 0.1) is 170 Å². The number of aliphatic hydroxyl groups is 1. The number of carbonyl (C=O) groups excluding carboxylic acids is 3. The number of aromatic carboxylic acids is 3. The quantitative estimate of drug-likeness (QED) is 0.0319. The van der Waals surface area contributed by atoms with Gasteiger partial charge < -0.3 is 36.0 Å². The molecule has 4 aromatic rings. The third-order valence-electron chi connectivity index (χ3n) is 48.5. The fraction of sp³-hybridized carbons (Fsp3) is 0.709. The summed E-state index contributed by atoms with van der Waals surface area (Å²) in [5.74, 6) is 7.96. The van der Waals surface area contributed by atoms with Crippen molar-refractivity contribution in [2.24, 2.45) is 170 Å². The molecule has 19 rings (SSSR count). The highest BCUT2D eigenvalue weighted by atomic mass is 16.4. The molecular formula is C127H182N4O10. The minimum atomic E-state index is -0.859. The van der Waals surface area contributed by atoms with Crippen molar-refractivity contribution in [2.75, 3.05) is 33.7 Å². The summed E-state index contributed by atoms with van der Waals surface area (Å²) >= 11 is 0. The van der Waals surface area contributed by atoms with Gasteiger partial charge in [0.1, 0.15) is 5.78 Å². The molecule has 0 unspecified atom stereocenters. The number of Topliss-reactive ketones (excluding diaryl/α,β-unsaturated/α-hetero) is 1. The maximum atomic E-state index is 14.4. The minimum Gasteiger partial charge on any atom is -0.513 e. The third-order valence-corrected chi connectivity index (χ3v) is 48.5. The van der Waals surface area contributed by atoms with Gasteiger partial charge in [-0.25, -0.2) is 14.4 Å². The Labute approximate surface area is 849 Å². The van der Waals surface area contributed by atoms with E-state index in [-0.39, 0.29) is 87.0 Å². The molecule has 15 saturated carbocycles. The molecule has 15 aliphatic carbocycles. The van der Waals surface area contributed by atoms with E-state index in [4.69, 9.17) is 0 Å². The zero-order chi connectivity index (χ0) is 102. The first kappa shape index (κ1) is 105. The molecule has 1 heterocycles. The summed E-state index contributed by atoms with van der Waals surface area (Å²) < 4.78 is 0. The van der Waals surface area contributed by atoms with Crippen molar-refractivity contribution in [1.29, 1.82) is 0 Å². The summed E-state index contributed by atoms with van der Waals surface area (Å²) in [7, 11) is 4.15. The third kappa shape index (κ3) is 16.5. The topological polar surface area (TPSA) is 224 Å². The number of pyridine rings is 1. The Morgan fingerprint density at radius 2 is 0.681 bits per heavy atom. The van der Waals surface area contributed by atoms with Crippen LogP contribution in [-0.2, 0) is 20.8 Å². The lowest BCUT2D eigenvalue weighted by molar-refractivity contribution is -0.237. The highest BCUT2D eigenvalue weighted by Gasteiger charge is 2.77. The van der Waals surface area contributed by atoms with Crippen molar-refractivity contribution in [3.8, 4) is 0 Å². The molecule has 0 saturated heterocycles. The molecule has 141 heavy (non-hydrogen) atoms. The number of nitrogens with zero attached hydrogens (tertiary/aromatic N) is 2. The number of fused-ring (bicyclic) bond motifs is 21. The van der Waals surface area contributed by atoms with Crippen molar-refractivity contribution < 1.29 is 49.2 Å². The SMILES string of the molecule is C=C(C)[C@@H]1CC[C@]2(C(=O)NCCN(C)C)CC[C@]3(C)[C@H](CC[C@@H]4[C@@]5(C)CC[C@H](c6ccc(C(=O)O)cc6)C(C)(C)[C@@H]5CC[C@]43C)[C@@H]12.C=C(C)[C@@H]1CC[C@]2(C(=O)NCCc3ccccn3)CC[C@]3(C)[C@H](CC[C@@H]4[C@@]5(C)CC[C@H](c6ccc(C(=O)O)cc6)C(C)(C)[C@@H]5CC[C@]43C)[C@@H]12.C=C(O)CCCC(=O)[C@]12CC[C@@H](C(=C)C)[C@@H]1[C@H]1CC[C@@H]3[C@@]4(C)CC[C@H](c5ccc(C(=O)O)cc5)C(C)(C)[C@@H]4CC[C@@]3(C)[C@]1(C)CC2. The first-order valence-corrected chi connectivity index (χ1v) is 56.2. The first-order valence-electron chi connectivity index (χ1n) is 56.2. The second kappa shape index (κ2) is 37.7. The molecule has 6 N–H and O–H groups in total. The van der Waals surface area contributed by atoms with E-state index in [1.807, 2.05) is 24.4 Å². The predicted octanol–water partition coefficient (Wildman–Crippen LogP) is 29.6. The van der Waals surface area contributed by atoms with E-state index in [1.54, 1.807) is 36.4 Å². The molecule has 1 aromatic heterocycles. The lowest BCUT2D eigenvalue weighted by atomic mass is 9.31. The number of hydrogen-bond acceptors (Lipinski definition) is 9. The van der Waals surface area contributed by atoms with Crippen LogP contribution in [0.15, 0.2) is 146 Å². The number of likely N-dealkylation sites (N-methyl/N-ethyl adjacent to an activating group) is 1. The van der Waals surface area contributed by atoms with Gasteiger partial charge in [-0.05, 0) is 471 Å². The zero-order valence-electron chi connectivity index (χ0n) is 90.8. The van der Waals surface area contributed by atoms with Crippen molar-refractivity contribution in [1.82, 2.24) is 20.5 Å². The van der Waals surface area contributed by atoms with Crippen LogP contribution in [0.4, 0.5) is 0 Å². The highest BCUT2D eigenvalue weighted by molar-refractivity contribution is 5.89. The van der Waals surface area contributed by atoms with Gasteiger partial charge in [0.25, 0.3) is 0 Å². The number of hydrogen-bond donors (Lipinski definition) is 6. The Balaban J connectivity index is 0.000000146. The number of aliphatic hydroxyl groups excluding tert-OH is 1. The van der Waals surface area contributed by atoms with Crippen molar-refractivity contribution in [3.05, 3.63) is 185 Å². The molecule has 770 valence electrons. The number of benzene rings is 3. The standard InChI is InChI=1S/C44H60N2O3.C42H60O4.C41H62N2O3/c1-28(2)32-17-23-44(39(49)46-27-20-31-10-8-9-26-45-31)25-24-42(6)34(37(32)44)15-16-36-41(5)21-18-33(29-11-13-30(14-12-29)38(47)48)40(3,4)35(41)19-22-43(36,42)7;1-26(2)30-18-23-42(35(44)11-9-10-27(3)43)25-24-40(7)32(36(30)42)16-17-34-39(6)21-19-31(28-12-14-29(15-13-28)37(45)46)38(4,5)33(39)20-22-41(34,40)8;1-26(2)29-16-21-41(36(46)42-24-25-43(8)9)23-22-39(6)31(34(29)41)14-15-33-38(5)19-17-30(27-10-12-28(13-11-27)35(44)45)37(3,4)32(38)18-20-40(33,39)7/h8-14,26,32-37H,1,15-25,27H2,2-7H3,(H,46,49)(H,47,48);12-15,30-34,36,43H,1,3,9-11,16-25H2,2,4-8H3,(H,45,46);10-13,29-34H,1,14-25H2,2-9H3,(H,42,46)(H,44,45)/t32-,33+,34+,35-,36+,37+,41-,42+,43+,44-;30-,31+,32+,33-,34+,36+,39-,40+,41+,42+;29-,30+,31+,32-,33+,34+,38-,39+,40+,41-/m000/s1. The van der Waals surface area contributed by atoms with Crippen LogP contribution in [0.5, 0.6) is 0 Å². The number of carboxylic acid groups (broad SMARTS) is 3. The van der Waals surface area contributed by atoms with E-state index >= 15 is 0 Å². The summed E-state index contributed by atoms with van der Waals surface area (Å²) in [5, 5.41) is 45.0. The number of rotatable bonds is 22. The van der Waals surface area contributed by atoms with Gasteiger partial charge >= 0.3 is 17.9 Å².